The first-order chi connectivity index (χ1) is 8.27. The van der Waals surface area contributed by atoms with E-state index in [0.717, 1.165) is 0 Å². The Hall–Kier alpha value is -0.920. The summed E-state index contributed by atoms with van der Waals surface area (Å²) in [5.41, 5.74) is 0.593. The Morgan fingerprint density at radius 1 is 1.44 bits per heavy atom. The van der Waals surface area contributed by atoms with Crippen LogP contribution in [-0.4, -0.2) is 36.1 Å². The molecule has 1 fully saturated rings. The fourth-order valence-electron chi connectivity index (χ4n) is 1.69. The number of amides is 1. The average molecular weight is 310 g/mol. The highest BCUT2D eigenvalue weighted by molar-refractivity contribution is 8.14. The molecule has 1 aromatic rings. The third kappa shape index (κ3) is 2.73. The summed E-state index contributed by atoms with van der Waals surface area (Å²) in [5, 5.41) is -0.739. The molecule has 0 aliphatic carbocycles. The van der Waals surface area contributed by atoms with Crippen LogP contribution in [0.4, 0.5) is 5.95 Å². The number of carbonyl (C=O) groups is 1. The molecule has 1 unspecified atom stereocenters. The summed E-state index contributed by atoms with van der Waals surface area (Å²) < 4.78 is 22.4. The fraction of sp³-hybridized carbons (Fsp3) is 0.444. The number of rotatable bonds is 2. The van der Waals surface area contributed by atoms with E-state index in [0.29, 0.717) is 5.69 Å². The van der Waals surface area contributed by atoms with Crippen LogP contribution >= 0.6 is 22.3 Å². The maximum Gasteiger partial charge on any atom is 0.237 e. The van der Waals surface area contributed by atoms with Crippen LogP contribution in [0.25, 0.3) is 0 Å². The van der Waals surface area contributed by atoms with Crippen LogP contribution in [-0.2, 0) is 13.8 Å². The van der Waals surface area contributed by atoms with Gasteiger partial charge in [-0.05, 0) is 13.0 Å². The Kier molecular flexibility index (Phi) is 3.48. The second kappa shape index (κ2) is 4.64. The first kappa shape index (κ1) is 13.5. The maximum absolute atomic E-state index is 11.7. The molecule has 18 heavy (non-hydrogen) atoms. The zero-order chi connectivity index (χ0) is 13.5. The van der Waals surface area contributed by atoms with Gasteiger partial charge in [-0.3, -0.25) is 9.69 Å². The molecule has 0 bridgehead atoms. The van der Waals surface area contributed by atoms with Crippen LogP contribution in [0.2, 0.25) is 5.15 Å². The summed E-state index contributed by atoms with van der Waals surface area (Å²) in [6.07, 6.45) is -0.166. The van der Waals surface area contributed by atoms with Gasteiger partial charge in [-0.25, -0.2) is 18.4 Å². The smallest absolute Gasteiger partial charge is 0.237 e. The van der Waals surface area contributed by atoms with Crippen LogP contribution in [0.15, 0.2) is 6.07 Å². The first-order valence-electron chi connectivity index (χ1n) is 5.02. The highest BCUT2D eigenvalue weighted by Crippen LogP contribution is 2.25. The topological polar surface area (TPSA) is 80.2 Å². The van der Waals surface area contributed by atoms with Crippen LogP contribution in [0.5, 0.6) is 0 Å². The van der Waals surface area contributed by atoms with E-state index in [1.54, 1.807) is 13.0 Å². The number of aryl methyl sites for hydroxylation is 1. The molecule has 1 amide bonds. The van der Waals surface area contributed by atoms with Gasteiger partial charge in [0.25, 0.3) is 0 Å². The molecule has 9 heteroatoms. The molecular formula is C9H9Cl2N3O3S. The lowest BCUT2D eigenvalue weighted by molar-refractivity contribution is -0.117. The number of aromatic nitrogens is 2. The minimum absolute atomic E-state index is 0.0511. The van der Waals surface area contributed by atoms with Gasteiger partial charge in [0, 0.05) is 29.3 Å². The monoisotopic (exact) mass is 309 g/mol. The Bertz CT molecular complexity index is 585. The summed E-state index contributed by atoms with van der Waals surface area (Å²) in [6.45, 7) is 1.65. The second-order valence-electron chi connectivity index (χ2n) is 3.94. The van der Waals surface area contributed by atoms with Crippen molar-refractivity contribution in [3.63, 3.8) is 0 Å². The van der Waals surface area contributed by atoms with Crippen molar-refractivity contribution in [2.24, 2.45) is 0 Å². The van der Waals surface area contributed by atoms with Crippen LogP contribution in [0, 0.1) is 6.92 Å². The fourth-order valence-corrected chi connectivity index (χ4v) is 2.95. The van der Waals surface area contributed by atoms with E-state index in [-0.39, 0.29) is 30.0 Å². The molecule has 2 heterocycles. The highest BCUT2D eigenvalue weighted by Gasteiger charge is 2.39. The molecule has 0 radical (unpaired) electrons. The molecule has 1 aliphatic rings. The zero-order valence-corrected chi connectivity index (χ0v) is 11.6. The molecule has 0 spiro atoms. The number of nitrogens with zero attached hydrogens (tertiary/aromatic N) is 3. The third-order valence-corrected chi connectivity index (χ3v) is 4.60. The maximum atomic E-state index is 11.7. The first-order valence-corrected chi connectivity index (χ1v) is 7.77. The molecule has 0 aromatic carbocycles. The van der Waals surface area contributed by atoms with Gasteiger partial charge in [0.15, 0.2) is 0 Å². The Balaban J connectivity index is 2.32. The molecule has 0 saturated carbocycles. The van der Waals surface area contributed by atoms with Crippen molar-refractivity contribution >= 4 is 43.2 Å². The van der Waals surface area contributed by atoms with E-state index in [1.165, 1.54) is 4.90 Å². The SMILES string of the molecule is Cc1cc(Cl)nc(N2CC(S(=O)(=O)Cl)CC2=O)n1. The summed E-state index contributed by atoms with van der Waals surface area (Å²) in [6, 6.07) is 1.54. The van der Waals surface area contributed by atoms with Crippen LogP contribution < -0.4 is 4.90 Å². The Morgan fingerprint density at radius 2 is 2.11 bits per heavy atom. The number of hydrogen-bond acceptors (Lipinski definition) is 5. The van der Waals surface area contributed by atoms with Crippen molar-refractivity contribution in [2.45, 2.75) is 18.6 Å². The van der Waals surface area contributed by atoms with Gasteiger partial charge in [-0.1, -0.05) is 11.6 Å². The van der Waals surface area contributed by atoms with Gasteiger partial charge in [0.1, 0.15) is 10.4 Å². The van der Waals surface area contributed by atoms with Crippen molar-refractivity contribution in [2.75, 3.05) is 11.4 Å². The lowest BCUT2D eigenvalue weighted by Gasteiger charge is -2.14. The summed E-state index contributed by atoms with van der Waals surface area (Å²) >= 11 is 5.77. The van der Waals surface area contributed by atoms with Crippen LogP contribution in [0.3, 0.4) is 0 Å². The van der Waals surface area contributed by atoms with Gasteiger partial charge >= 0.3 is 0 Å². The van der Waals surface area contributed by atoms with Crippen molar-refractivity contribution in [3.8, 4) is 0 Å². The second-order valence-corrected chi connectivity index (χ2v) is 7.23. The highest BCUT2D eigenvalue weighted by atomic mass is 35.7. The number of hydrogen-bond donors (Lipinski definition) is 0. The lowest BCUT2D eigenvalue weighted by atomic mass is 10.4. The molecular weight excluding hydrogens is 301 g/mol. The summed E-state index contributed by atoms with van der Waals surface area (Å²) in [5.74, 6) is -0.279. The summed E-state index contributed by atoms with van der Waals surface area (Å²) in [4.78, 5) is 20.9. The molecule has 1 atom stereocenters. The van der Waals surface area contributed by atoms with Gasteiger partial charge in [0.05, 0.1) is 0 Å². The molecule has 1 aliphatic heterocycles. The quantitative estimate of drug-likeness (QED) is 0.604. The minimum Gasteiger partial charge on any atom is -0.279 e. The van der Waals surface area contributed by atoms with E-state index in [1.807, 2.05) is 0 Å². The Labute approximate surface area is 113 Å². The van der Waals surface area contributed by atoms with E-state index in [2.05, 4.69) is 9.97 Å². The van der Waals surface area contributed by atoms with Gasteiger partial charge in [0.2, 0.25) is 20.9 Å². The minimum atomic E-state index is -3.78. The average Bonchev–Trinajstić information content (AvgIpc) is 2.58. The lowest BCUT2D eigenvalue weighted by Crippen LogP contribution is -2.28. The molecule has 2 rings (SSSR count). The predicted molar refractivity (Wildman–Crippen MR) is 67.3 cm³/mol. The van der Waals surface area contributed by atoms with Gasteiger partial charge in [-0.15, -0.1) is 0 Å². The van der Waals surface area contributed by atoms with Crippen molar-refractivity contribution in [1.29, 1.82) is 0 Å². The normalized spacial score (nSPS) is 20.5. The molecule has 0 N–H and O–H groups in total. The number of anilines is 1. The van der Waals surface area contributed by atoms with Crippen molar-refractivity contribution in [3.05, 3.63) is 16.9 Å². The number of halogens is 2. The van der Waals surface area contributed by atoms with Crippen molar-refractivity contribution in [1.82, 2.24) is 9.97 Å². The molecule has 98 valence electrons. The zero-order valence-electron chi connectivity index (χ0n) is 9.30. The predicted octanol–water partition coefficient (Wildman–Crippen LogP) is 1.11. The van der Waals surface area contributed by atoms with Gasteiger partial charge < -0.3 is 0 Å². The van der Waals surface area contributed by atoms with Crippen LogP contribution in [0.1, 0.15) is 12.1 Å². The Morgan fingerprint density at radius 3 is 2.61 bits per heavy atom. The van der Waals surface area contributed by atoms with E-state index in [9.17, 15) is 13.2 Å². The summed E-state index contributed by atoms with van der Waals surface area (Å²) in [7, 11) is 1.47. The largest absolute Gasteiger partial charge is 0.279 e. The number of carbonyl (C=O) groups excluding carboxylic acids is 1. The molecule has 1 aromatic heterocycles. The third-order valence-electron chi connectivity index (χ3n) is 2.54. The molecule has 6 nitrogen and oxygen atoms in total. The standard InChI is InChI=1S/C9H9Cl2N3O3S/c1-5-2-7(10)13-9(12-5)14-4-6(3-8(14)15)18(11,16)17/h2,6H,3-4H2,1H3. The van der Waals surface area contributed by atoms with E-state index >= 15 is 0 Å². The molecule has 1 saturated heterocycles. The van der Waals surface area contributed by atoms with E-state index < -0.39 is 14.3 Å². The van der Waals surface area contributed by atoms with Crippen molar-refractivity contribution < 1.29 is 13.2 Å². The van der Waals surface area contributed by atoms with E-state index in [4.69, 9.17) is 22.3 Å². The van der Waals surface area contributed by atoms with Gasteiger partial charge in [-0.2, -0.15) is 0 Å².